The van der Waals surface area contributed by atoms with Crippen LogP contribution in [0.5, 0.6) is 5.75 Å². The van der Waals surface area contributed by atoms with E-state index in [0.717, 1.165) is 28.4 Å². The fraction of sp³-hybridized carbons (Fsp3) is 0.393. The molecule has 0 radical (unpaired) electrons. The first-order valence-corrected chi connectivity index (χ1v) is 12.1. The van der Waals surface area contributed by atoms with Gasteiger partial charge in [0.25, 0.3) is 0 Å². The quantitative estimate of drug-likeness (QED) is 0.511. The Morgan fingerprint density at radius 2 is 1.75 bits per heavy atom. The number of aromatic nitrogens is 2. The van der Waals surface area contributed by atoms with E-state index in [1.165, 1.54) is 4.90 Å². The third-order valence-electron chi connectivity index (χ3n) is 6.33. The number of hydrogen-bond donors (Lipinski definition) is 1. The Morgan fingerprint density at radius 1 is 1.06 bits per heavy atom. The molecule has 1 aliphatic rings. The molecular weight excluding hydrogens is 458 g/mol. The molecule has 8 heteroatoms. The summed E-state index contributed by atoms with van der Waals surface area (Å²) in [5.41, 5.74) is 2.38. The first-order chi connectivity index (χ1) is 17.1. The van der Waals surface area contributed by atoms with Crippen molar-refractivity contribution in [1.82, 2.24) is 14.5 Å². The second-order valence-corrected chi connectivity index (χ2v) is 10.2. The Morgan fingerprint density at radius 3 is 2.39 bits per heavy atom. The fourth-order valence-electron chi connectivity index (χ4n) is 4.45. The summed E-state index contributed by atoms with van der Waals surface area (Å²) in [5, 5.41) is 9.71. The molecule has 4 rings (SSSR count). The number of carboxylic acid groups (broad SMARTS) is 1. The van der Waals surface area contributed by atoms with E-state index in [0.29, 0.717) is 19.6 Å². The van der Waals surface area contributed by atoms with E-state index < -0.39 is 23.6 Å². The molecule has 2 heterocycles. The zero-order valence-electron chi connectivity index (χ0n) is 21.2. The summed E-state index contributed by atoms with van der Waals surface area (Å²) in [6.45, 7) is 6.29. The largest absolute Gasteiger partial charge is 0.487 e. The Labute approximate surface area is 211 Å². The van der Waals surface area contributed by atoms with Crippen LogP contribution in [-0.2, 0) is 29.6 Å². The molecule has 2 aromatic carbocycles. The lowest BCUT2D eigenvalue weighted by Gasteiger charge is -2.24. The second kappa shape index (κ2) is 10.4. The monoisotopic (exact) mass is 491 g/mol. The van der Waals surface area contributed by atoms with Gasteiger partial charge in [-0.2, -0.15) is 0 Å². The van der Waals surface area contributed by atoms with Crippen molar-refractivity contribution in [3.8, 4) is 17.1 Å². The lowest BCUT2D eigenvalue weighted by Crippen LogP contribution is -2.36. The SMILES string of the molecule is Cn1c(COc2ccc(C[C@@H]3CN(C(=O)OC(C)(C)C)C[C@@H]3C(=O)O)cc2)cnc1-c1ccccc1. The van der Waals surface area contributed by atoms with Gasteiger partial charge in [0.2, 0.25) is 0 Å². The molecule has 2 atom stereocenters. The number of carboxylic acids is 1. The number of likely N-dealkylation sites (tertiary alicyclic amines) is 1. The van der Waals surface area contributed by atoms with Crippen LogP contribution in [0.1, 0.15) is 32.0 Å². The van der Waals surface area contributed by atoms with Gasteiger partial charge in [0.05, 0.1) is 17.8 Å². The van der Waals surface area contributed by atoms with Gasteiger partial charge in [-0.25, -0.2) is 9.78 Å². The van der Waals surface area contributed by atoms with Gasteiger partial charge in [-0.3, -0.25) is 4.79 Å². The normalized spacial score (nSPS) is 17.7. The summed E-state index contributed by atoms with van der Waals surface area (Å²) in [5.74, 6) is -0.103. The van der Waals surface area contributed by atoms with Gasteiger partial charge in [-0.05, 0) is 50.8 Å². The van der Waals surface area contributed by atoms with E-state index >= 15 is 0 Å². The zero-order valence-corrected chi connectivity index (χ0v) is 21.2. The van der Waals surface area contributed by atoms with Gasteiger partial charge >= 0.3 is 12.1 Å². The average molecular weight is 492 g/mol. The Hall–Kier alpha value is -3.81. The molecule has 3 aromatic rings. The summed E-state index contributed by atoms with van der Waals surface area (Å²) in [6, 6.07) is 17.7. The molecule has 1 aliphatic heterocycles. The average Bonchev–Trinajstić information content (AvgIpc) is 3.42. The molecule has 1 saturated heterocycles. The summed E-state index contributed by atoms with van der Waals surface area (Å²) in [6.07, 6.45) is 1.91. The highest BCUT2D eigenvalue weighted by Crippen LogP contribution is 2.29. The third-order valence-corrected chi connectivity index (χ3v) is 6.33. The maximum absolute atomic E-state index is 12.5. The van der Waals surface area contributed by atoms with Gasteiger partial charge in [0.1, 0.15) is 23.8 Å². The fourth-order valence-corrected chi connectivity index (χ4v) is 4.45. The van der Waals surface area contributed by atoms with Gasteiger partial charge < -0.3 is 24.0 Å². The molecule has 36 heavy (non-hydrogen) atoms. The van der Waals surface area contributed by atoms with Crippen molar-refractivity contribution in [3.05, 3.63) is 72.1 Å². The van der Waals surface area contributed by atoms with Crippen molar-refractivity contribution in [3.63, 3.8) is 0 Å². The van der Waals surface area contributed by atoms with Crippen molar-refractivity contribution in [1.29, 1.82) is 0 Å². The predicted molar refractivity (Wildman–Crippen MR) is 136 cm³/mol. The number of carbonyl (C=O) groups excluding carboxylic acids is 1. The number of nitrogens with zero attached hydrogens (tertiary/aromatic N) is 3. The number of rotatable bonds is 7. The first-order valence-electron chi connectivity index (χ1n) is 12.1. The van der Waals surface area contributed by atoms with Gasteiger partial charge in [-0.15, -0.1) is 0 Å². The van der Waals surface area contributed by atoms with E-state index in [-0.39, 0.29) is 12.5 Å². The number of hydrogen-bond acceptors (Lipinski definition) is 5. The van der Waals surface area contributed by atoms with Crippen LogP contribution in [-0.4, -0.2) is 50.3 Å². The molecule has 1 amide bonds. The summed E-state index contributed by atoms with van der Waals surface area (Å²) in [7, 11) is 1.97. The van der Waals surface area contributed by atoms with Crippen molar-refractivity contribution < 1.29 is 24.2 Å². The number of amides is 1. The third kappa shape index (κ3) is 6.05. The van der Waals surface area contributed by atoms with Gasteiger partial charge in [0.15, 0.2) is 0 Å². The van der Waals surface area contributed by atoms with E-state index in [1.54, 1.807) is 20.8 Å². The summed E-state index contributed by atoms with van der Waals surface area (Å²) >= 11 is 0. The minimum Gasteiger partial charge on any atom is -0.487 e. The Bertz CT molecular complexity index is 1200. The standard InChI is InChI=1S/C28H33N3O5/c1-28(2,3)36-27(34)31-16-21(24(17-31)26(32)33)14-19-10-12-23(13-11-19)35-18-22-15-29-25(30(22)4)20-8-6-5-7-9-20/h5-13,15,21,24H,14,16-18H2,1-4H3,(H,32,33)/t21-,24+/m1/s1. The smallest absolute Gasteiger partial charge is 0.410 e. The predicted octanol–water partition coefficient (Wildman–Crippen LogP) is 4.78. The lowest BCUT2D eigenvalue weighted by atomic mass is 9.90. The maximum Gasteiger partial charge on any atom is 0.410 e. The van der Waals surface area contributed by atoms with E-state index in [4.69, 9.17) is 9.47 Å². The summed E-state index contributed by atoms with van der Waals surface area (Å²) < 4.78 is 13.4. The first kappa shape index (κ1) is 25.3. The molecule has 0 aliphatic carbocycles. The molecule has 0 bridgehead atoms. The Kier molecular flexibility index (Phi) is 7.33. The van der Waals surface area contributed by atoms with Crippen LogP contribution in [0.25, 0.3) is 11.4 Å². The van der Waals surface area contributed by atoms with Crippen LogP contribution in [0.2, 0.25) is 0 Å². The number of aliphatic carboxylic acids is 1. The number of imidazole rings is 1. The number of ether oxygens (including phenoxy) is 2. The lowest BCUT2D eigenvalue weighted by molar-refractivity contribution is -0.142. The second-order valence-electron chi connectivity index (χ2n) is 10.2. The van der Waals surface area contributed by atoms with Crippen LogP contribution < -0.4 is 4.74 Å². The zero-order chi connectivity index (χ0) is 25.9. The Balaban J connectivity index is 1.36. The van der Waals surface area contributed by atoms with Crippen LogP contribution in [0.15, 0.2) is 60.8 Å². The minimum absolute atomic E-state index is 0.159. The van der Waals surface area contributed by atoms with Crippen LogP contribution in [0.3, 0.4) is 0 Å². The topological polar surface area (TPSA) is 93.9 Å². The van der Waals surface area contributed by atoms with Crippen LogP contribution >= 0.6 is 0 Å². The van der Waals surface area contributed by atoms with Crippen LogP contribution in [0.4, 0.5) is 4.79 Å². The van der Waals surface area contributed by atoms with E-state index in [1.807, 2.05) is 72.4 Å². The van der Waals surface area contributed by atoms with E-state index in [9.17, 15) is 14.7 Å². The molecule has 190 valence electrons. The molecule has 1 N–H and O–H groups in total. The van der Waals surface area contributed by atoms with Gasteiger partial charge in [0, 0.05) is 25.7 Å². The number of benzene rings is 2. The van der Waals surface area contributed by atoms with Crippen molar-refractivity contribution >= 4 is 12.1 Å². The summed E-state index contributed by atoms with van der Waals surface area (Å²) in [4.78, 5) is 30.3. The molecule has 0 saturated carbocycles. The molecule has 1 aromatic heterocycles. The molecular formula is C28H33N3O5. The van der Waals surface area contributed by atoms with Crippen molar-refractivity contribution in [2.45, 2.75) is 39.4 Å². The highest BCUT2D eigenvalue weighted by atomic mass is 16.6. The molecule has 0 spiro atoms. The maximum atomic E-state index is 12.5. The molecule has 1 fully saturated rings. The minimum atomic E-state index is -0.892. The molecule has 0 unspecified atom stereocenters. The highest BCUT2D eigenvalue weighted by molar-refractivity contribution is 5.74. The van der Waals surface area contributed by atoms with Gasteiger partial charge in [-0.1, -0.05) is 42.5 Å². The highest BCUT2D eigenvalue weighted by Gasteiger charge is 2.40. The molecule has 8 nitrogen and oxygen atoms in total. The van der Waals surface area contributed by atoms with Crippen LogP contribution in [0, 0.1) is 11.8 Å². The van der Waals surface area contributed by atoms with E-state index in [2.05, 4.69) is 4.98 Å². The van der Waals surface area contributed by atoms with Crippen molar-refractivity contribution in [2.24, 2.45) is 18.9 Å². The van der Waals surface area contributed by atoms with Crippen molar-refractivity contribution in [2.75, 3.05) is 13.1 Å². The number of carbonyl (C=O) groups is 2.